The van der Waals surface area contributed by atoms with Crippen molar-refractivity contribution >= 4 is 5.82 Å². The molecule has 2 N–H and O–H groups in total. The van der Waals surface area contributed by atoms with Crippen LogP contribution in [0.25, 0.3) is 0 Å². The van der Waals surface area contributed by atoms with Crippen LogP contribution in [0.5, 0.6) is 0 Å². The van der Waals surface area contributed by atoms with Crippen LogP contribution < -0.4 is 10.6 Å². The molecule has 0 saturated carbocycles. The van der Waals surface area contributed by atoms with Crippen molar-refractivity contribution in [2.45, 2.75) is 51.5 Å². The van der Waals surface area contributed by atoms with Crippen molar-refractivity contribution in [2.75, 3.05) is 18.0 Å². The van der Waals surface area contributed by atoms with Crippen LogP contribution in [-0.2, 0) is 6.42 Å². The van der Waals surface area contributed by atoms with Gasteiger partial charge in [-0.25, -0.2) is 4.98 Å². The molecule has 2 heterocycles. The Hall–Kier alpha value is -1.09. The average molecular weight is 247 g/mol. The van der Waals surface area contributed by atoms with E-state index in [0.717, 1.165) is 13.0 Å². The minimum Gasteiger partial charge on any atom is -0.353 e. The molecule has 1 fully saturated rings. The summed E-state index contributed by atoms with van der Waals surface area (Å²) in [5, 5.41) is 0. The SMILES string of the molecule is CCC1CCCCCN1c1ncccc1CCN. The fourth-order valence-corrected chi connectivity index (χ4v) is 2.92. The standard InChI is InChI=1S/C15H25N3/c1-2-14-8-4-3-5-12-18(14)15-13(9-10-16)7-6-11-17-15/h6-7,11,14H,2-5,8-10,12,16H2,1H3. The maximum atomic E-state index is 5.71. The fourth-order valence-electron chi connectivity index (χ4n) is 2.92. The number of pyridine rings is 1. The summed E-state index contributed by atoms with van der Waals surface area (Å²) < 4.78 is 0. The van der Waals surface area contributed by atoms with Crippen LogP contribution in [0.2, 0.25) is 0 Å². The lowest BCUT2D eigenvalue weighted by Gasteiger charge is -2.32. The van der Waals surface area contributed by atoms with Crippen LogP contribution in [-0.4, -0.2) is 24.1 Å². The summed E-state index contributed by atoms with van der Waals surface area (Å²) in [6.45, 7) is 4.13. The van der Waals surface area contributed by atoms with E-state index >= 15 is 0 Å². The highest BCUT2D eigenvalue weighted by Crippen LogP contribution is 2.27. The topological polar surface area (TPSA) is 42.2 Å². The highest BCUT2D eigenvalue weighted by molar-refractivity contribution is 5.48. The summed E-state index contributed by atoms with van der Waals surface area (Å²) in [7, 11) is 0. The van der Waals surface area contributed by atoms with Gasteiger partial charge in [0.2, 0.25) is 0 Å². The van der Waals surface area contributed by atoms with Crippen molar-refractivity contribution in [3.63, 3.8) is 0 Å². The summed E-state index contributed by atoms with van der Waals surface area (Å²) >= 11 is 0. The summed E-state index contributed by atoms with van der Waals surface area (Å²) in [6, 6.07) is 4.85. The molecule has 2 rings (SSSR count). The van der Waals surface area contributed by atoms with Crippen LogP contribution in [0, 0.1) is 0 Å². The van der Waals surface area contributed by atoms with Crippen molar-refractivity contribution in [3.05, 3.63) is 23.9 Å². The van der Waals surface area contributed by atoms with Gasteiger partial charge >= 0.3 is 0 Å². The third kappa shape index (κ3) is 3.02. The van der Waals surface area contributed by atoms with E-state index < -0.39 is 0 Å². The van der Waals surface area contributed by atoms with Gasteiger partial charge < -0.3 is 10.6 Å². The van der Waals surface area contributed by atoms with Crippen LogP contribution in [0.15, 0.2) is 18.3 Å². The molecular weight excluding hydrogens is 222 g/mol. The maximum absolute atomic E-state index is 5.71. The van der Waals surface area contributed by atoms with Crippen molar-refractivity contribution in [2.24, 2.45) is 5.73 Å². The summed E-state index contributed by atoms with van der Waals surface area (Å²) in [6.07, 6.45) is 9.34. The lowest BCUT2D eigenvalue weighted by molar-refractivity contribution is 0.550. The van der Waals surface area contributed by atoms with Crippen LogP contribution in [0.4, 0.5) is 5.82 Å². The number of hydrogen-bond acceptors (Lipinski definition) is 3. The molecule has 100 valence electrons. The monoisotopic (exact) mass is 247 g/mol. The minimum atomic E-state index is 0.652. The third-order valence-corrected chi connectivity index (χ3v) is 3.90. The van der Waals surface area contributed by atoms with E-state index in [2.05, 4.69) is 22.9 Å². The largest absolute Gasteiger partial charge is 0.353 e. The summed E-state index contributed by atoms with van der Waals surface area (Å²) in [5.74, 6) is 1.18. The van der Waals surface area contributed by atoms with Gasteiger partial charge in [-0.3, -0.25) is 0 Å². The number of hydrogen-bond donors (Lipinski definition) is 1. The predicted molar refractivity (Wildman–Crippen MR) is 76.9 cm³/mol. The molecule has 1 aliphatic rings. The normalized spacial score (nSPS) is 20.8. The van der Waals surface area contributed by atoms with E-state index in [-0.39, 0.29) is 0 Å². The number of anilines is 1. The second kappa shape index (κ2) is 6.74. The molecule has 0 bridgehead atoms. The Kier molecular flexibility index (Phi) is 5.00. The van der Waals surface area contributed by atoms with Gasteiger partial charge in [0.25, 0.3) is 0 Å². The zero-order valence-electron chi connectivity index (χ0n) is 11.4. The Bertz CT molecular complexity index is 365. The zero-order valence-corrected chi connectivity index (χ0v) is 11.4. The van der Waals surface area contributed by atoms with Gasteiger partial charge in [0.1, 0.15) is 5.82 Å². The molecule has 1 atom stereocenters. The smallest absolute Gasteiger partial charge is 0.131 e. The molecule has 0 aliphatic carbocycles. The molecule has 1 aromatic rings. The molecule has 0 aromatic carbocycles. The Labute approximate surface area is 110 Å². The van der Waals surface area contributed by atoms with Crippen LogP contribution >= 0.6 is 0 Å². The van der Waals surface area contributed by atoms with Gasteiger partial charge in [0.05, 0.1) is 0 Å². The Morgan fingerprint density at radius 1 is 1.39 bits per heavy atom. The molecule has 0 radical (unpaired) electrons. The maximum Gasteiger partial charge on any atom is 0.131 e. The van der Waals surface area contributed by atoms with Gasteiger partial charge in [-0.15, -0.1) is 0 Å². The molecular formula is C15H25N3. The van der Waals surface area contributed by atoms with Gasteiger partial charge in [-0.05, 0) is 43.9 Å². The first-order valence-corrected chi connectivity index (χ1v) is 7.27. The van der Waals surface area contributed by atoms with E-state index in [1.807, 2.05) is 12.3 Å². The summed E-state index contributed by atoms with van der Waals surface area (Å²) in [5.41, 5.74) is 7.02. The van der Waals surface area contributed by atoms with Gasteiger partial charge in [0.15, 0.2) is 0 Å². The van der Waals surface area contributed by atoms with Crippen LogP contribution in [0.3, 0.4) is 0 Å². The molecule has 1 saturated heterocycles. The lowest BCUT2D eigenvalue weighted by Crippen LogP contribution is -2.36. The van der Waals surface area contributed by atoms with E-state index in [9.17, 15) is 0 Å². The lowest BCUT2D eigenvalue weighted by atomic mass is 10.1. The molecule has 3 nitrogen and oxygen atoms in total. The van der Waals surface area contributed by atoms with Crippen molar-refractivity contribution in [1.29, 1.82) is 0 Å². The van der Waals surface area contributed by atoms with Crippen molar-refractivity contribution < 1.29 is 0 Å². The summed E-state index contributed by atoms with van der Waals surface area (Å²) in [4.78, 5) is 7.16. The third-order valence-electron chi connectivity index (χ3n) is 3.90. The number of nitrogens with zero attached hydrogens (tertiary/aromatic N) is 2. The first-order valence-electron chi connectivity index (χ1n) is 7.27. The molecule has 0 amide bonds. The Balaban J connectivity index is 2.26. The number of rotatable bonds is 4. The second-order valence-electron chi connectivity index (χ2n) is 5.13. The van der Waals surface area contributed by atoms with Crippen LogP contribution in [0.1, 0.15) is 44.6 Å². The van der Waals surface area contributed by atoms with E-state index in [1.165, 1.54) is 43.5 Å². The molecule has 18 heavy (non-hydrogen) atoms. The highest BCUT2D eigenvalue weighted by atomic mass is 15.2. The quantitative estimate of drug-likeness (QED) is 0.889. The van der Waals surface area contributed by atoms with Crippen molar-refractivity contribution in [1.82, 2.24) is 4.98 Å². The molecule has 1 aromatic heterocycles. The molecule has 1 aliphatic heterocycles. The minimum absolute atomic E-state index is 0.652. The van der Waals surface area contributed by atoms with Crippen molar-refractivity contribution in [3.8, 4) is 0 Å². The second-order valence-corrected chi connectivity index (χ2v) is 5.13. The van der Waals surface area contributed by atoms with E-state index in [4.69, 9.17) is 5.73 Å². The molecule has 1 unspecified atom stereocenters. The Morgan fingerprint density at radius 3 is 3.06 bits per heavy atom. The molecule has 0 spiro atoms. The van der Waals surface area contributed by atoms with Gasteiger partial charge in [-0.2, -0.15) is 0 Å². The zero-order chi connectivity index (χ0) is 12.8. The average Bonchev–Trinajstić information content (AvgIpc) is 2.65. The predicted octanol–water partition coefficient (Wildman–Crippen LogP) is 2.74. The first-order chi connectivity index (χ1) is 8.86. The number of nitrogens with two attached hydrogens (primary N) is 1. The molecule has 3 heteroatoms. The first kappa shape index (κ1) is 13.3. The van der Waals surface area contributed by atoms with Gasteiger partial charge in [-0.1, -0.05) is 25.8 Å². The number of aromatic nitrogens is 1. The Morgan fingerprint density at radius 2 is 2.28 bits per heavy atom. The van der Waals surface area contributed by atoms with E-state index in [1.54, 1.807) is 0 Å². The van der Waals surface area contributed by atoms with Gasteiger partial charge in [0, 0.05) is 18.8 Å². The fraction of sp³-hybridized carbons (Fsp3) is 0.667. The van der Waals surface area contributed by atoms with E-state index in [0.29, 0.717) is 12.6 Å². The highest BCUT2D eigenvalue weighted by Gasteiger charge is 2.22.